The van der Waals surface area contributed by atoms with Gasteiger partial charge in [-0.05, 0) is 46.0 Å². The van der Waals surface area contributed by atoms with Gasteiger partial charge in [-0.3, -0.25) is 4.79 Å². The molecule has 1 amide bonds. The zero-order chi connectivity index (χ0) is 14.4. The molecule has 1 aliphatic heterocycles. The highest BCUT2D eigenvalue weighted by molar-refractivity contribution is 7.11. The maximum atomic E-state index is 11.8. The Balaban J connectivity index is 1.57. The van der Waals surface area contributed by atoms with Gasteiger partial charge in [0.25, 0.3) is 0 Å². The van der Waals surface area contributed by atoms with Crippen LogP contribution in [0.1, 0.15) is 47.7 Å². The van der Waals surface area contributed by atoms with Crippen molar-refractivity contribution in [3.63, 3.8) is 0 Å². The van der Waals surface area contributed by atoms with Crippen molar-refractivity contribution in [1.29, 1.82) is 0 Å². The number of ether oxygens (including phenoxy) is 1. The molecule has 1 saturated heterocycles. The molecule has 2 rings (SSSR count). The number of nitrogens with one attached hydrogen (secondary N) is 1. The Morgan fingerprint density at radius 2 is 2.30 bits per heavy atom. The van der Waals surface area contributed by atoms with E-state index in [1.54, 1.807) is 11.3 Å². The van der Waals surface area contributed by atoms with E-state index in [9.17, 15) is 4.79 Å². The van der Waals surface area contributed by atoms with Gasteiger partial charge in [0.05, 0.1) is 23.2 Å². The van der Waals surface area contributed by atoms with Gasteiger partial charge < -0.3 is 10.1 Å². The molecule has 112 valence electrons. The summed E-state index contributed by atoms with van der Waals surface area (Å²) in [5.41, 5.74) is 0.987. The van der Waals surface area contributed by atoms with Crippen molar-refractivity contribution in [3.8, 4) is 0 Å². The summed E-state index contributed by atoms with van der Waals surface area (Å²) in [6.45, 7) is 5.63. The summed E-state index contributed by atoms with van der Waals surface area (Å²) in [7, 11) is 0. The Morgan fingerprint density at radius 3 is 2.95 bits per heavy atom. The highest BCUT2D eigenvalue weighted by atomic mass is 32.1. The normalized spacial score (nSPS) is 18.4. The number of carbonyl (C=O) groups is 1. The Hall–Kier alpha value is -0.940. The Morgan fingerprint density at radius 1 is 1.45 bits per heavy atom. The summed E-state index contributed by atoms with van der Waals surface area (Å²) < 4.78 is 5.58. The first-order valence-corrected chi connectivity index (χ1v) is 8.28. The van der Waals surface area contributed by atoms with Crippen molar-refractivity contribution in [1.82, 2.24) is 10.3 Å². The first-order chi connectivity index (χ1) is 9.65. The minimum absolute atomic E-state index is 0.105. The van der Waals surface area contributed by atoms with Gasteiger partial charge in [0, 0.05) is 18.0 Å². The van der Waals surface area contributed by atoms with Crippen LogP contribution in [0.5, 0.6) is 0 Å². The van der Waals surface area contributed by atoms with Crippen molar-refractivity contribution in [2.45, 2.75) is 58.5 Å². The fourth-order valence-electron chi connectivity index (χ4n) is 2.54. The average Bonchev–Trinajstić information content (AvgIpc) is 3.00. The zero-order valence-corrected chi connectivity index (χ0v) is 13.2. The van der Waals surface area contributed by atoms with Gasteiger partial charge in [-0.15, -0.1) is 11.3 Å². The number of amides is 1. The number of nitrogens with zero attached hydrogens (tertiary/aromatic N) is 1. The Kier molecular flexibility index (Phi) is 5.98. The van der Waals surface area contributed by atoms with E-state index in [2.05, 4.69) is 10.3 Å². The van der Waals surface area contributed by atoms with Crippen LogP contribution in [-0.4, -0.2) is 30.1 Å². The van der Waals surface area contributed by atoms with E-state index >= 15 is 0 Å². The molecule has 0 aliphatic carbocycles. The molecule has 5 heteroatoms. The molecule has 2 heterocycles. The number of thiazole rings is 1. The molecule has 1 aromatic rings. The number of aromatic nitrogens is 1. The SMILES string of the molecule is Cc1nc(C)c(CC(=O)NCCCCC2CCCO2)s1. The molecule has 1 atom stereocenters. The van der Waals surface area contributed by atoms with Crippen LogP contribution in [0.3, 0.4) is 0 Å². The lowest BCUT2D eigenvalue weighted by Crippen LogP contribution is -2.26. The van der Waals surface area contributed by atoms with Crippen LogP contribution < -0.4 is 5.32 Å². The smallest absolute Gasteiger partial charge is 0.225 e. The molecule has 0 spiro atoms. The van der Waals surface area contributed by atoms with E-state index in [4.69, 9.17) is 4.74 Å². The van der Waals surface area contributed by atoms with Crippen molar-refractivity contribution in [2.24, 2.45) is 0 Å². The third-order valence-electron chi connectivity index (χ3n) is 3.62. The summed E-state index contributed by atoms with van der Waals surface area (Å²) in [6.07, 6.45) is 6.63. The largest absolute Gasteiger partial charge is 0.378 e. The molecule has 1 N–H and O–H groups in total. The van der Waals surface area contributed by atoms with Gasteiger partial charge in [-0.25, -0.2) is 4.98 Å². The summed E-state index contributed by atoms with van der Waals surface area (Å²) in [5.74, 6) is 0.105. The number of hydrogen-bond donors (Lipinski definition) is 1. The van der Waals surface area contributed by atoms with Crippen molar-refractivity contribution < 1.29 is 9.53 Å². The van der Waals surface area contributed by atoms with E-state index < -0.39 is 0 Å². The lowest BCUT2D eigenvalue weighted by Gasteiger charge is -2.09. The van der Waals surface area contributed by atoms with Crippen LogP contribution in [0.25, 0.3) is 0 Å². The summed E-state index contributed by atoms with van der Waals surface area (Å²) in [5, 5.41) is 4.02. The predicted octanol–water partition coefficient (Wildman–Crippen LogP) is 2.77. The third-order valence-corrected chi connectivity index (χ3v) is 4.69. The Bertz CT molecular complexity index is 439. The fraction of sp³-hybridized carbons (Fsp3) is 0.733. The summed E-state index contributed by atoms with van der Waals surface area (Å²) in [6, 6.07) is 0. The topological polar surface area (TPSA) is 51.2 Å². The number of aryl methyl sites for hydroxylation is 2. The molecule has 20 heavy (non-hydrogen) atoms. The van der Waals surface area contributed by atoms with E-state index in [1.807, 2.05) is 13.8 Å². The van der Waals surface area contributed by atoms with E-state index in [0.717, 1.165) is 48.0 Å². The third kappa shape index (κ3) is 4.87. The van der Waals surface area contributed by atoms with Crippen molar-refractivity contribution >= 4 is 17.2 Å². The van der Waals surface area contributed by atoms with Crippen LogP contribution in [0, 0.1) is 13.8 Å². The molecule has 1 aliphatic rings. The average molecular weight is 296 g/mol. The van der Waals surface area contributed by atoms with Gasteiger partial charge in [0.2, 0.25) is 5.91 Å². The van der Waals surface area contributed by atoms with Gasteiger partial charge >= 0.3 is 0 Å². The van der Waals surface area contributed by atoms with E-state index in [1.165, 1.54) is 12.8 Å². The quantitative estimate of drug-likeness (QED) is 0.787. The molecular weight excluding hydrogens is 272 g/mol. The Labute approximate surface area is 124 Å². The van der Waals surface area contributed by atoms with Crippen LogP contribution in [0.4, 0.5) is 0 Å². The second-order valence-electron chi connectivity index (χ2n) is 5.40. The molecule has 0 bridgehead atoms. The molecule has 1 fully saturated rings. The van der Waals surface area contributed by atoms with Crippen LogP contribution in [-0.2, 0) is 16.0 Å². The molecule has 1 unspecified atom stereocenters. The second-order valence-corrected chi connectivity index (χ2v) is 6.69. The molecule has 4 nitrogen and oxygen atoms in total. The lowest BCUT2D eigenvalue weighted by molar-refractivity contribution is -0.120. The van der Waals surface area contributed by atoms with Gasteiger partial charge in [0.1, 0.15) is 0 Å². The van der Waals surface area contributed by atoms with E-state index in [0.29, 0.717) is 12.5 Å². The molecule has 0 radical (unpaired) electrons. The van der Waals surface area contributed by atoms with Gasteiger partial charge in [-0.1, -0.05) is 0 Å². The highest BCUT2D eigenvalue weighted by Crippen LogP contribution is 2.18. The monoisotopic (exact) mass is 296 g/mol. The molecule has 0 aromatic carbocycles. The predicted molar refractivity (Wildman–Crippen MR) is 81.1 cm³/mol. The minimum Gasteiger partial charge on any atom is -0.378 e. The molecule has 0 saturated carbocycles. The fourth-order valence-corrected chi connectivity index (χ4v) is 3.48. The number of rotatable bonds is 7. The van der Waals surface area contributed by atoms with Crippen molar-refractivity contribution in [3.05, 3.63) is 15.6 Å². The first kappa shape index (κ1) is 15.4. The van der Waals surface area contributed by atoms with Crippen LogP contribution in [0.2, 0.25) is 0 Å². The van der Waals surface area contributed by atoms with Gasteiger partial charge in [-0.2, -0.15) is 0 Å². The number of unbranched alkanes of at least 4 members (excludes halogenated alkanes) is 1. The molecule has 1 aromatic heterocycles. The summed E-state index contributed by atoms with van der Waals surface area (Å²) >= 11 is 1.61. The molecular formula is C15H24N2O2S. The van der Waals surface area contributed by atoms with Crippen molar-refractivity contribution in [2.75, 3.05) is 13.2 Å². The number of hydrogen-bond acceptors (Lipinski definition) is 4. The summed E-state index contributed by atoms with van der Waals surface area (Å²) in [4.78, 5) is 17.3. The lowest BCUT2D eigenvalue weighted by atomic mass is 10.1. The van der Waals surface area contributed by atoms with Gasteiger partial charge in [0.15, 0.2) is 0 Å². The number of carbonyl (C=O) groups excluding carboxylic acids is 1. The van der Waals surface area contributed by atoms with Crippen LogP contribution in [0.15, 0.2) is 0 Å². The minimum atomic E-state index is 0.105. The maximum Gasteiger partial charge on any atom is 0.225 e. The first-order valence-electron chi connectivity index (χ1n) is 7.46. The van der Waals surface area contributed by atoms with E-state index in [-0.39, 0.29) is 5.91 Å². The highest BCUT2D eigenvalue weighted by Gasteiger charge is 2.14. The second kappa shape index (κ2) is 7.74. The standard InChI is InChI=1S/C15H24N2O2S/c1-11-14(20-12(2)17-11)10-15(18)16-8-4-3-6-13-7-5-9-19-13/h13H,3-10H2,1-2H3,(H,16,18). The zero-order valence-electron chi connectivity index (χ0n) is 12.4. The maximum absolute atomic E-state index is 11.8. The van der Waals surface area contributed by atoms with Crippen LogP contribution >= 0.6 is 11.3 Å².